The molecule has 1 aromatic carbocycles. The number of amides is 1. The molecule has 1 atom stereocenters. The molecule has 0 aliphatic carbocycles. The molecule has 3 saturated heterocycles. The second kappa shape index (κ2) is 11.6. The zero-order valence-corrected chi connectivity index (χ0v) is 22.6. The molecule has 1 N–H and O–H groups in total. The largest absolute Gasteiger partial charge is 0.378 e. The van der Waals surface area contributed by atoms with Crippen LogP contribution in [0, 0.1) is 0 Å². The van der Waals surface area contributed by atoms with Crippen LogP contribution in [-0.4, -0.2) is 90.7 Å². The van der Waals surface area contributed by atoms with Crippen LogP contribution in [-0.2, 0) is 4.74 Å². The summed E-state index contributed by atoms with van der Waals surface area (Å²) in [6, 6.07) is 9.11. The maximum absolute atomic E-state index is 14.0. The topological polar surface area (TPSA) is 86.7 Å². The van der Waals surface area contributed by atoms with E-state index in [4.69, 9.17) is 9.72 Å². The van der Waals surface area contributed by atoms with Crippen molar-refractivity contribution in [3.63, 3.8) is 0 Å². The van der Waals surface area contributed by atoms with Gasteiger partial charge in [0.15, 0.2) is 0 Å². The quantitative estimate of drug-likeness (QED) is 0.476. The normalized spacial score (nSPS) is 20.6. The number of fused-ring (bicyclic) bond motifs is 1. The van der Waals surface area contributed by atoms with Gasteiger partial charge in [0.2, 0.25) is 5.95 Å². The number of halogens is 2. The summed E-state index contributed by atoms with van der Waals surface area (Å²) in [4.78, 5) is 33.8. The fourth-order valence-corrected chi connectivity index (χ4v) is 5.80. The smallest absolute Gasteiger partial charge is 0.252 e. The Balaban J connectivity index is 1.20. The summed E-state index contributed by atoms with van der Waals surface area (Å²) in [5.41, 5.74) is 2.09. The first-order valence-electron chi connectivity index (χ1n) is 14.2. The lowest BCUT2D eigenvalue weighted by atomic mass is 10.0. The summed E-state index contributed by atoms with van der Waals surface area (Å²) in [5, 5.41) is 3.83. The van der Waals surface area contributed by atoms with Gasteiger partial charge in [0.05, 0.1) is 24.8 Å². The number of rotatable bonds is 7. The Kier molecular flexibility index (Phi) is 7.75. The summed E-state index contributed by atoms with van der Waals surface area (Å²) in [7, 11) is 0. The maximum atomic E-state index is 14.0. The van der Waals surface area contributed by atoms with Crippen molar-refractivity contribution in [3.05, 3.63) is 53.9 Å². The van der Waals surface area contributed by atoms with Gasteiger partial charge in [0.25, 0.3) is 11.8 Å². The molecule has 0 radical (unpaired) electrons. The monoisotopic (exact) mass is 551 g/mol. The molecule has 40 heavy (non-hydrogen) atoms. The highest BCUT2D eigenvalue weighted by Gasteiger charge is 2.37. The summed E-state index contributed by atoms with van der Waals surface area (Å²) in [5.74, 6) is -1.33. The van der Waals surface area contributed by atoms with Gasteiger partial charge in [0.1, 0.15) is 5.82 Å². The van der Waals surface area contributed by atoms with E-state index < -0.39 is 5.92 Å². The van der Waals surface area contributed by atoms with Crippen LogP contribution in [0.4, 0.5) is 20.5 Å². The van der Waals surface area contributed by atoms with E-state index in [-0.39, 0.29) is 44.4 Å². The molecule has 212 valence electrons. The molecule has 0 saturated carbocycles. The number of morpholine rings is 1. The van der Waals surface area contributed by atoms with E-state index in [9.17, 15) is 13.6 Å². The summed E-state index contributed by atoms with van der Waals surface area (Å²) >= 11 is 0. The highest BCUT2D eigenvalue weighted by molar-refractivity contribution is 6.06. The van der Waals surface area contributed by atoms with Crippen molar-refractivity contribution in [3.8, 4) is 0 Å². The minimum absolute atomic E-state index is 0.204. The number of aromatic nitrogens is 3. The molecule has 1 amide bonds. The number of benzene rings is 1. The number of carbonyl (C=O) groups is 1. The van der Waals surface area contributed by atoms with E-state index in [1.54, 1.807) is 18.5 Å². The fourth-order valence-electron chi connectivity index (χ4n) is 5.80. The maximum Gasteiger partial charge on any atom is 0.252 e. The molecule has 5 heterocycles. The predicted molar refractivity (Wildman–Crippen MR) is 149 cm³/mol. The highest BCUT2D eigenvalue weighted by atomic mass is 19.3. The van der Waals surface area contributed by atoms with Crippen LogP contribution in [0.3, 0.4) is 0 Å². The first kappa shape index (κ1) is 26.8. The number of hydrogen-bond acceptors (Lipinski definition) is 8. The molecule has 2 aromatic heterocycles. The third-order valence-electron chi connectivity index (χ3n) is 8.16. The van der Waals surface area contributed by atoms with Gasteiger partial charge >= 0.3 is 0 Å². The van der Waals surface area contributed by atoms with E-state index in [0.717, 1.165) is 61.3 Å². The predicted octanol–water partition coefficient (Wildman–Crippen LogP) is 3.66. The number of hydrogen-bond donors (Lipinski definition) is 1. The third-order valence-corrected chi connectivity index (χ3v) is 8.16. The number of ether oxygens (including phenoxy) is 1. The minimum Gasteiger partial charge on any atom is -0.378 e. The fraction of sp³-hybridized carbons (Fsp3) is 0.517. The first-order chi connectivity index (χ1) is 19.5. The van der Waals surface area contributed by atoms with Crippen LogP contribution in [0.1, 0.15) is 47.6 Å². The number of likely N-dealkylation sites (tertiary alicyclic amines) is 1. The Labute approximate surface area is 232 Å². The van der Waals surface area contributed by atoms with Crippen LogP contribution in [0.25, 0.3) is 10.9 Å². The SMILES string of the molecule is O=C(NCC(c1cnc(N2CCCC2)nc1)N1CCC(F)(F)CC1)c1cccc2nc(N3CCOCC3)ccc12. The molecule has 0 spiro atoms. The molecule has 3 aliphatic rings. The van der Waals surface area contributed by atoms with Gasteiger partial charge in [-0.2, -0.15) is 0 Å². The number of nitrogens with zero attached hydrogens (tertiary/aromatic N) is 6. The van der Waals surface area contributed by atoms with Crippen molar-refractivity contribution < 1.29 is 18.3 Å². The lowest BCUT2D eigenvalue weighted by Crippen LogP contribution is -2.45. The summed E-state index contributed by atoms with van der Waals surface area (Å²) in [6.45, 7) is 5.52. The van der Waals surface area contributed by atoms with Crippen LogP contribution in [0.5, 0.6) is 0 Å². The molecular weight excluding hydrogens is 516 g/mol. The molecule has 9 nitrogen and oxygen atoms in total. The van der Waals surface area contributed by atoms with Crippen molar-refractivity contribution in [1.29, 1.82) is 0 Å². The minimum atomic E-state index is -2.66. The Morgan fingerprint density at radius 1 is 0.950 bits per heavy atom. The molecule has 1 unspecified atom stereocenters. The molecule has 6 rings (SSSR count). The number of piperidine rings is 1. The number of carbonyl (C=O) groups excluding carboxylic acids is 1. The van der Waals surface area contributed by atoms with E-state index in [1.807, 2.05) is 29.2 Å². The standard InChI is InChI=1S/C29H35F2N7O2/c30-29(31)8-12-36(13-9-29)25(21-18-33-28(34-19-21)38-10-1-2-11-38)20-32-27(39)23-4-3-5-24-22(23)6-7-26(35-24)37-14-16-40-17-15-37/h3-7,18-19,25H,1-2,8-17,20H2,(H,32,39). The van der Waals surface area contributed by atoms with Crippen molar-refractivity contribution in [2.75, 3.05) is 68.8 Å². The third kappa shape index (κ3) is 5.85. The summed E-state index contributed by atoms with van der Waals surface area (Å²) in [6.07, 6.45) is 5.40. The van der Waals surface area contributed by atoms with E-state index in [1.165, 1.54) is 0 Å². The van der Waals surface area contributed by atoms with Crippen LogP contribution < -0.4 is 15.1 Å². The Morgan fingerprint density at radius 3 is 2.40 bits per heavy atom. The zero-order chi connectivity index (χ0) is 27.5. The van der Waals surface area contributed by atoms with Gasteiger partial charge in [-0.3, -0.25) is 9.69 Å². The van der Waals surface area contributed by atoms with Gasteiger partial charge in [-0.1, -0.05) is 6.07 Å². The lowest BCUT2D eigenvalue weighted by molar-refractivity contribution is -0.0632. The second-order valence-electron chi connectivity index (χ2n) is 10.8. The van der Waals surface area contributed by atoms with Crippen LogP contribution >= 0.6 is 0 Å². The number of anilines is 2. The molecule has 3 aliphatic heterocycles. The van der Waals surface area contributed by atoms with E-state index >= 15 is 0 Å². The molecular formula is C29H35F2N7O2. The molecule has 0 bridgehead atoms. The average Bonchev–Trinajstić information content (AvgIpc) is 3.53. The Hall–Kier alpha value is -3.44. The molecule has 11 heteroatoms. The Morgan fingerprint density at radius 2 is 1.68 bits per heavy atom. The van der Waals surface area contributed by atoms with Crippen LogP contribution in [0.2, 0.25) is 0 Å². The van der Waals surface area contributed by atoms with Gasteiger partial charge in [-0.15, -0.1) is 0 Å². The van der Waals surface area contributed by atoms with Gasteiger partial charge < -0.3 is 19.9 Å². The van der Waals surface area contributed by atoms with Crippen molar-refractivity contribution >= 4 is 28.6 Å². The van der Waals surface area contributed by atoms with Gasteiger partial charge in [-0.05, 0) is 37.1 Å². The molecule has 3 aromatic rings. The lowest BCUT2D eigenvalue weighted by Gasteiger charge is -2.37. The van der Waals surface area contributed by atoms with E-state index in [2.05, 4.69) is 25.1 Å². The zero-order valence-electron chi connectivity index (χ0n) is 22.6. The first-order valence-corrected chi connectivity index (χ1v) is 14.2. The number of nitrogens with one attached hydrogen (secondary N) is 1. The van der Waals surface area contributed by atoms with Crippen molar-refractivity contribution in [2.45, 2.75) is 37.6 Å². The number of pyridine rings is 1. The van der Waals surface area contributed by atoms with Crippen molar-refractivity contribution in [1.82, 2.24) is 25.2 Å². The second-order valence-corrected chi connectivity index (χ2v) is 10.8. The van der Waals surface area contributed by atoms with E-state index in [0.29, 0.717) is 24.7 Å². The number of alkyl halides is 2. The molecule has 3 fully saturated rings. The highest BCUT2D eigenvalue weighted by Crippen LogP contribution is 2.32. The van der Waals surface area contributed by atoms with Gasteiger partial charge in [-0.25, -0.2) is 23.7 Å². The Bertz CT molecular complexity index is 1320. The van der Waals surface area contributed by atoms with Crippen LogP contribution in [0.15, 0.2) is 42.7 Å². The summed E-state index contributed by atoms with van der Waals surface area (Å²) < 4.78 is 33.4. The van der Waals surface area contributed by atoms with Gasteiger partial charge in [0, 0.05) is 87.6 Å². The average molecular weight is 552 g/mol. The van der Waals surface area contributed by atoms with Crippen molar-refractivity contribution in [2.24, 2.45) is 0 Å².